The minimum absolute atomic E-state index is 0. The lowest BCUT2D eigenvalue weighted by molar-refractivity contribution is 0.270. The van der Waals surface area contributed by atoms with E-state index in [-0.39, 0.29) is 12.4 Å². The SMILES string of the molecule is CCN1CCC(=C2c3ccccc3Sc3ccc(Cl)cc32)CC1.Cl. The Hall–Kier alpha value is -0.930. The molecule has 1 fully saturated rings. The van der Waals surface area contributed by atoms with E-state index in [0.29, 0.717) is 0 Å². The van der Waals surface area contributed by atoms with Crippen LogP contribution in [0.25, 0.3) is 5.57 Å². The molecule has 0 aliphatic carbocycles. The molecule has 1 saturated heterocycles. The standard InChI is InChI=1S/C20H20ClNS.ClH/c1-2-22-11-9-14(10-12-22)20-16-5-3-4-6-18(16)23-19-8-7-15(21)13-17(19)20;/h3-8,13H,2,9-12H2,1H3;1H. The summed E-state index contributed by atoms with van der Waals surface area (Å²) in [6, 6.07) is 15.1. The van der Waals surface area contributed by atoms with E-state index in [1.54, 1.807) is 5.57 Å². The number of piperidine rings is 1. The summed E-state index contributed by atoms with van der Waals surface area (Å²) in [7, 11) is 0. The van der Waals surface area contributed by atoms with Crippen LogP contribution in [0.15, 0.2) is 57.8 Å². The van der Waals surface area contributed by atoms with Gasteiger partial charge in [-0.15, -0.1) is 12.4 Å². The van der Waals surface area contributed by atoms with Gasteiger partial charge in [-0.25, -0.2) is 0 Å². The predicted octanol–water partition coefficient (Wildman–Crippen LogP) is 6.14. The van der Waals surface area contributed by atoms with Crippen molar-refractivity contribution in [1.82, 2.24) is 4.90 Å². The molecule has 0 bridgehead atoms. The monoisotopic (exact) mass is 377 g/mol. The summed E-state index contributed by atoms with van der Waals surface area (Å²) in [6.45, 7) is 5.73. The summed E-state index contributed by atoms with van der Waals surface area (Å²) >= 11 is 8.17. The van der Waals surface area contributed by atoms with E-state index in [2.05, 4.69) is 48.2 Å². The first-order valence-electron chi connectivity index (χ1n) is 8.28. The Labute approximate surface area is 159 Å². The van der Waals surface area contributed by atoms with Crippen molar-refractivity contribution >= 4 is 41.3 Å². The fraction of sp³-hybridized carbons (Fsp3) is 0.300. The normalized spacial score (nSPS) is 17.1. The van der Waals surface area contributed by atoms with Crippen molar-refractivity contribution in [2.45, 2.75) is 29.6 Å². The Balaban J connectivity index is 0.00000169. The van der Waals surface area contributed by atoms with Gasteiger partial charge in [-0.05, 0) is 60.4 Å². The second-order valence-electron chi connectivity index (χ2n) is 6.15. The van der Waals surface area contributed by atoms with Crippen LogP contribution in [-0.4, -0.2) is 24.5 Å². The lowest BCUT2D eigenvalue weighted by atomic mass is 9.88. The van der Waals surface area contributed by atoms with E-state index in [0.717, 1.165) is 24.4 Å². The Morgan fingerprint density at radius 1 is 1.00 bits per heavy atom. The van der Waals surface area contributed by atoms with Crippen LogP contribution >= 0.6 is 35.8 Å². The Morgan fingerprint density at radius 2 is 1.71 bits per heavy atom. The quantitative estimate of drug-likeness (QED) is 0.500. The number of hydrogen-bond donors (Lipinski definition) is 0. The number of nitrogens with zero attached hydrogens (tertiary/aromatic N) is 1. The number of rotatable bonds is 1. The second-order valence-corrected chi connectivity index (χ2v) is 7.67. The van der Waals surface area contributed by atoms with Gasteiger partial charge in [0.15, 0.2) is 0 Å². The summed E-state index contributed by atoms with van der Waals surface area (Å²) in [5.74, 6) is 0. The van der Waals surface area contributed by atoms with Crippen LogP contribution < -0.4 is 0 Å². The van der Waals surface area contributed by atoms with Gasteiger partial charge in [0.1, 0.15) is 0 Å². The van der Waals surface area contributed by atoms with Gasteiger partial charge in [0.25, 0.3) is 0 Å². The fourth-order valence-corrected chi connectivity index (χ4v) is 4.83. The van der Waals surface area contributed by atoms with Crippen LogP contribution in [0.4, 0.5) is 0 Å². The van der Waals surface area contributed by atoms with Crippen molar-refractivity contribution in [1.29, 1.82) is 0 Å². The number of benzene rings is 2. The van der Waals surface area contributed by atoms with Gasteiger partial charge in [0, 0.05) is 27.9 Å². The summed E-state index contributed by atoms with van der Waals surface area (Å²) < 4.78 is 0. The average molecular weight is 378 g/mol. The molecule has 24 heavy (non-hydrogen) atoms. The van der Waals surface area contributed by atoms with Crippen molar-refractivity contribution in [3.05, 3.63) is 64.2 Å². The third-order valence-electron chi connectivity index (χ3n) is 4.85. The van der Waals surface area contributed by atoms with E-state index in [4.69, 9.17) is 11.6 Å². The average Bonchev–Trinajstić information content (AvgIpc) is 2.60. The predicted molar refractivity (Wildman–Crippen MR) is 107 cm³/mol. The maximum Gasteiger partial charge on any atom is 0.0412 e. The number of fused-ring (bicyclic) bond motifs is 2. The van der Waals surface area contributed by atoms with Crippen molar-refractivity contribution in [2.24, 2.45) is 0 Å². The van der Waals surface area contributed by atoms with Gasteiger partial charge < -0.3 is 4.90 Å². The topological polar surface area (TPSA) is 3.24 Å². The summed E-state index contributed by atoms with van der Waals surface area (Å²) in [4.78, 5) is 5.23. The molecule has 0 amide bonds. The Morgan fingerprint density at radius 3 is 2.46 bits per heavy atom. The second kappa shape index (κ2) is 7.53. The first kappa shape index (κ1) is 17.9. The third-order valence-corrected chi connectivity index (χ3v) is 6.23. The van der Waals surface area contributed by atoms with Crippen molar-refractivity contribution in [3.8, 4) is 0 Å². The van der Waals surface area contributed by atoms with Crippen molar-refractivity contribution in [2.75, 3.05) is 19.6 Å². The van der Waals surface area contributed by atoms with Crippen LogP contribution in [0.2, 0.25) is 5.02 Å². The summed E-state index contributed by atoms with van der Waals surface area (Å²) in [6.07, 6.45) is 2.32. The molecule has 126 valence electrons. The first-order chi connectivity index (χ1) is 11.3. The molecule has 2 aromatic rings. The van der Waals surface area contributed by atoms with Crippen LogP contribution in [0.5, 0.6) is 0 Å². The van der Waals surface area contributed by atoms with Crippen LogP contribution in [0.1, 0.15) is 30.9 Å². The molecular formula is C20H21Cl2NS. The molecule has 0 saturated carbocycles. The molecule has 2 aromatic carbocycles. The maximum atomic E-state index is 6.31. The minimum Gasteiger partial charge on any atom is -0.303 e. The van der Waals surface area contributed by atoms with Crippen molar-refractivity contribution in [3.63, 3.8) is 0 Å². The van der Waals surface area contributed by atoms with Gasteiger partial charge in [-0.2, -0.15) is 0 Å². The van der Waals surface area contributed by atoms with E-state index < -0.39 is 0 Å². The number of hydrogen-bond acceptors (Lipinski definition) is 2. The molecule has 0 spiro atoms. The zero-order valence-corrected chi connectivity index (χ0v) is 16.1. The molecule has 0 unspecified atom stereocenters. The molecule has 0 radical (unpaired) electrons. The zero-order chi connectivity index (χ0) is 15.8. The lowest BCUT2D eigenvalue weighted by Gasteiger charge is -2.31. The number of likely N-dealkylation sites (tertiary alicyclic amines) is 1. The highest BCUT2D eigenvalue weighted by Gasteiger charge is 2.25. The summed E-state index contributed by atoms with van der Waals surface area (Å²) in [5.41, 5.74) is 5.73. The Kier molecular flexibility index (Phi) is 5.61. The Bertz CT molecular complexity index is 775. The molecular weight excluding hydrogens is 357 g/mol. The van der Waals surface area contributed by atoms with E-state index in [1.807, 2.05) is 17.8 Å². The molecule has 2 heterocycles. The zero-order valence-electron chi connectivity index (χ0n) is 13.7. The largest absolute Gasteiger partial charge is 0.303 e. The van der Waals surface area contributed by atoms with Gasteiger partial charge in [-0.1, -0.05) is 54.1 Å². The van der Waals surface area contributed by atoms with Gasteiger partial charge in [0.05, 0.1) is 0 Å². The van der Waals surface area contributed by atoms with Crippen molar-refractivity contribution < 1.29 is 0 Å². The highest BCUT2D eigenvalue weighted by atomic mass is 35.5. The molecule has 0 aromatic heterocycles. The van der Waals surface area contributed by atoms with E-state index in [9.17, 15) is 0 Å². The molecule has 2 aliphatic heterocycles. The van der Waals surface area contributed by atoms with Crippen LogP contribution in [0.3, 0.4) is 0 Å². The smallest absolute Gasteiger partial charge is 0.0412 e. The molecule has 0 N–H and O–H groups in total. The van der Waals surface area contributed by atoms with Crippen LogP contribution in [-0.2, 0) is 0 Å². The first-order valence-corrected chi connectivity index (χ1v) is 9.47. The molecule has 1 nitrogen and oxygen atoms in total. The van der Waals surface area contributed by atoms with Crippen LogP contribution in [0, 0.1) is 0 Å². The minimum atomic E-state index is 0. The molecule has 4 rings (SSSR count). The van der Waals surface area contributed by atoms with Gasteiger partial charge in [-0.3, -0.25) is 0 Å². The lowest BCUT2D eigenvalue weighted by Crippen LogP contribution is -2.30. The molecule has 0 atom stereocenters. The fourth-order valence-electron chi connectivity index (χ4n) is 3.58. The number of halogens is 2. The van der Waals surface area contributed by atoms with E-state index >= 15 is 0 Å². The highest BCUT2D eigenvalue weighted by Crippen LogP contribution is 2.48. The molecule has 4 heteroatoms. The molecule has 2 aliphatic rings. The third kappa shape index (κ3) is 3.25. The van der Waals surface area contributed by atoms with Gasteiger partial charge in [0.2, 0.25) is 0 Å². The summed E-state index contributed by atoms with van der Waals surface area (Å²) in [5, 5.41) is 0.827. The van der Waals surface area contributed by atoms with Gasteiger partial charge >= 0.3 is 0 Å². The highest BCUT2D eigenvalue weighted by molar-refractivity contribution is 7.99. The maximum absolute atomic E-state index is 6.31. The van der Waals surface area contributed by atoms with E-state index in [1.165, 1.54) is 39.6 Å².